The molecule has 0 radical (unpaired) electrons. The summed E-state index contributed by atoms with van der Waals surface area (Å²) in [5.41, 5.74) is 8.50. The van der Waals surface area contributed by atoms with E-state index in [1.807, 2.05) is 36.6 Å². The third-order valence-electron chi connectivity index (χ3n) is 3.74. The van der Waals surface area contributed by atoms with Crippen LogP contribution in [0.4, 0.5) is 5.13 Å². The lowest BCUT2D eigenvalue weighted by Gasteiger charge is -2.02. The van der Waals surface area contributed by atoms with Crippen LogP contribution in [0, 0.1) is 0 Å². The number of nitrogens with one attached hydrogen (secondary N) is 1. The van der Waals surface area contributed by atoms with Gasteiger partial charge in [0.1, 0.15) is 0 Å². The van der Waals surface area contributed by atoms with Crippen LogP contribution in [0.25, 0.3) is 11.3 Å². The van der Waals surface area contributed by atoms with Crippen LogP contribution in [0.3, 0.4) is 0 Å². The van der Waals surface area contributed by atoms with Crippen molar-refractivity contribution in [1.29, 1.82) is 0 Å². The molecule has 1 heterocycles. The molecule has 5 heteroatoms. The van der Waals surface area contributed by atoms with E-state index in [0.29, 0.717) is 0 Å². The second-order valence-corrected chi connectivity index (χ2v) is 7.18. The van der Waals surface area contributed by atoms with E-state index < -0.39 is 0 Å². The Morgan fingerprint density at radius 2 is 1.83 bits per heavy atom. The molecule has 0 saturated carbocycles. The number of rotatable bonds is 5. The number of hydrogen-bond acceptors (Lipinski definition) is 4. The van der Waals surface area contributed by atoms with E-state index in [2.05, 4.69) is 62.6 Å². The van der Waals surface area contributed by atoms with Gasteiger partial charge in [-0.05, 0) is 36.6 Å². The van der Waals surface area contributed by atoms with Gasteiger partial charge in [0.25, 0.3) is 0 Å². The summed E-state index contributed by atoms with van der Waals surface area (Å²) in [6.07, 6.45) is 1.05. The van der Waals surface area contributed by atoms with Gasteiger partial charge in [-0.1, -0.05) is 59.3 Å². The Hall–Kier alpha value is -1.98. The highest BCUT2D eigenvalue weighted by Gasteiger charge is 2.04. The maximum absolute atomic E-state index is 4.61. The van der Waals surface area contributed by atoms with Gasteiger partial charge in [-0.25, -0.2) is 4.98 Å². The van der Waals surface area contributed by atoms with Crippen LogP contribution in [0.2, 0.25) is 0 Å². The first-order valence-corrected chi connectivity index (χ1v) is 9.44. The summed E-state index contributed by atoms with van der Waals surface area (Å²) in [7, 11) is 0. The van der Waals surface area contributed by atoms with Gasteiger partial charge >= 0.3 is 0 Å². The van der Waals surface area contributed by atoms with Crippen LogP contribution >= 0.6 is 27.3 Å². The quantitative estimate of drug-likeness (QED) is 0.423. The normalized spacial score (nSPS) is 11.5. The van der Waals surface area contributed by atoms with Gasteiger partial charge in [0, 0.05) is 15.4 Å². The van der Waals surface area contributed by atoms with Gasteiger partial charge in [0.05, 0.1) is 11.4 Å². The Labute approximate surface area is 154 Å². The Morgan fingerprint density at radius 3 is 2.50 bits per heavy atom. The third kappa shape index (κ3) is 4.10. The number of nitrogens with zero attached hydrogens (tertiary/aromatic N) is 2. The van der Waals surface area contributed by atoms with Gasteiger partial charge in [-0.3, -0.25) is 5.43 Å². The molecule has 1 N–H and O–H groups in total. The predicted octanol–water partition coefficient (Wildman–Crippen LogP) is 5.97. The summed E-state index contributed by atoms with van der Waals surface area (Å²) in [5, 5.41) is 7.27. The molecule has 0 aliphatic rings. The van der Waals surface area contributed by atoms with Crippen molar-refractivity contribution in [3.8, 4) is 11.3 Å². The maximum Gasteiger partial charge on any atom is 0.203 e. The van der Waals surface area contributed by atoms with Crippen LogP contribution < -0.4 is 5.43 Å². The molecule has 3 aromatic rings. The van der Waals surface area contributed by atoms with E-state index in [4.69, 9.17) is 0 Å². The van der Waals surface area contributed by atoms with E-state index in [1.165, 1.54) is 5.56 Å². The van der Waals surface area contributed by atoms with Crippen molar-refractivity contribution >= 4 is 38.1 Å². The van der Waals surface area contributed by atoms with Crippen LogP contribution in [-0.4, -0.2) is 10.7 Å². The molecule has 0 aliphatic carbocycles. The van der Waals surface area contributed by atoms with Crippen LogP contribution in [0.15, 0.2) is 63.5 Å². The molecule has 3 nitrogen and oxygen atoms in total. The third-order valence-corrected chi connectivity index (χ3v) is 5.02. The molecule has 0 amide bonds. The van der Waals surface area contributed by atoms with Crippen LogP contribution in [0.5, 0.6) is 0 Å². The fourth-order valence-corrected chi connectivity index (χ4v) is 3.18. The first kappa shape index (κ1) is 16.9. The number of hydrazone groups is 1. The summed E-state index contributed by atoms with van der Waals surface area (Å²) in [4.78, 5) is 4.61. The number of hydrogen-bond donors (Lipinski definition) is 1. The second-order valence-electron chi connectivity index (χ2n) is 5.40. The van der Waals surface area contributed by atoms with Crippen molar-refractivity contribution in [3.63, 3.8) is 0 Å². The highest BCUT2D eigenvalue weighted by Crippen LogP contribution is 2.25. The van der Waals surface area contributed by atoms with Crippen molar-refractivity contribution < 1.29 is 0 Å². The Balaban J connectivity index is 1.71. The van der Waals surface area contributed by atoms with Crippen molar-refractivity contribution in [1.82, 2.24) is 4.98 Å². The highest BCUT2D eigenvalue weighted by atomic mass is 79.9. The molecule has 0 atom stereocenters. The van der Waals surface area contributed by atoms with Gasteiger partial charge < -0.3 is 0 Å². The topological polar surface area (TPSA) is 37.3 Å². The van der Waals surface area contributed by atoms with Crippen molar-refractivity contribution in [2.24, 2.45) is 5.10 Å². The average molecular weight is 400 g/mol. The van der Waals surface area contributed by atoms with Crippen molar-refractivity contribution in [3.05, 3.63) is 69.5 Å². The lowest BCUT2D eigenvalue weighted by molar-refractivity contribution is 1.14. The van der Waals surface area contributed by atoms with E-state index >= 15 is 0 Å². The number of thiazole rings is 1. The number of aromatic nitrogens is 1. The van der Waals surface area contributed by atoms with E-state index in [1.54, 1.807) is 11.3 Å². The monoisotopic (exact) mass is 399 g/mol. The number of halogens is 1. The second kappa shape index (κ2) is 7.73. The fraction of sp³-hybridized carbons (Fsp3) is 0.158. The molecule has 0 bridgehead atoms. The summed E-state index contributed by atoms with van der Waals surface area (Å²) < 4.78 is 1.06. The first-order valence-electron chi connectivity index (χ1n) is 7.77. The van der Waals surface area contributed by atoms with Gasteiger partial charge in [0.15, 0.2) is 0 Å². The fourth-order valence-electron chi connectivity index (χ4n) is 2.26. The molecular weight excluding hydrogens is 382 g/mol. The summed E-state index contributed by atoms with van der Waals surface area (Å²) in [6, 6.07) is 16.6. The SMILES string of the molecule is CCc1ccc(-c2csc(NN=C(C)c3ccc(Br)cc3)n2)cc1. The molecule has 0 spiro atoms. The zero-order chi connectivity index (χ0) is 16.9. The molecule has 1 aromatic heterocycles. The summed E-state index contributed by atoms with van der Waals surface area (Å²) in [5.74, 6) is 0. The molecular formula is C19H18BrN3S. The minimum atomic E-state index is 0.793. The molecule has 0 aliphatic heterocycles. The predicted molar refractivity (Wildman–Crippen MR) is 107 cm³/mol. The van der Waals surface area contributed by atoms with Crippen LogP contribution in [-0.2, 0) is 6.42 Å². The Morgan fingerprint density at radius 1 is 1.12 bits per heavy atom. The lowest BCUT2D eigenvalue weighted by atomic mass is 10.1. The number of anilines is 1. The summed E-state index contributed by atoms with van der Waals surface area (Å²) in [6.45, 7) is 4.14. The minimum absolute atomic E-state index is 0.793. The van der Waals surface area contributed by atoms with Crippen LogP contribution in [0.1, 0.15) is 25.0 Å². The molecule has 2 aromatic carbocycles. The molecule has 0 unspecified atom stereocenters. The van der Waals surface area contributed by atoms with Crippen molar-refractivity contribution in [2.75, 3.05) is 5.43 Å². The molecule has 24 heavy (non-hydrogen) atoms. The van der Waals surface area contributed by atoms with E-state index in [0.717, 1.165) is 38.6 Å². The number of aryl methyl sites for hydroxylation is 1. The minimum Gasteiger partial charge on any atom is -0.252 e. The Bertz CT molecular complexity index is 836. The van der Waals surface area contributed by atoms with Crippen molar-refractivity contribution in [2.45, 2.75) is 20.3 Å². The molecule has 0 fully saturated rings. The summed E-state index contributed by atoms with van der Waals surface area (Å²) >= 11 is 5.00. The maximum atomic E-state index is 4.61. The standard InChI is InChI=1S/C19H18BrN3S/c1-3-14-4-6-16(7-5-14)18-12-24-19(21-18)23-22-13(2)15-8-10-17(20)11-9-15/h4-12H,3H2,1-2H3,(H,21,23). The lowest BCUT2D eigenvalue weighted by Crippen LogP contribution is -1.99. The zero-order valence-electron chi connectivity index (χ0n) is 13.6. The Kier molecular flexibility index (Phi) is 5.43. The molecule has 0 saturated heterocycles. The highest BCUT2D eigenvalue weighted by molar-refractivity contribution is 9.10. The molecule has 122 valence electrons. The van der Waals surface area contributed by atoms with E-state index in [9.17, 15) is 0 Å². The van der Waals surface area contributed by atoms with Gasteiger partial charge in [0.2, 0.25) is 5.13 Å². The smallest absolute Gasteiger partial charge is 0.203 e. The van der Waals surface area contributed by atoms with Gasteiger partial charge in [-0.2, -0.15) is 5.10 Å². The zero-order valence-corrected chi connectivity index (χ0v) is 16.0. The average Bonchev–Trinajstić information content (AvgIpc) is 3.09. The van der Waals surface area contributed by atoms with Gasteiger partial charge in [-0.15, -0.1) is 11.3 Å². The number of benzene rings is 2. The molecule has 3 rings (SSSR count). The van der Waals surface area contributed by atoms with E-state index in [-0.39, 0.29) is 0 Å². The largest absolute Gasteiger partial charge is 0.252 e. The first-order chi connectivity index (χ1) is 11.7.